The molecule has 0 nitrogen and oxygen atoms in total. The fraction of sp³-hybridized carbons (Fsp3) is 0.727. The lowest BCUT2D eigenvalue weighted by Crippen LogP contribution is -2.25. The Hall–Kier alpha value is -0.850. The molecule has 0 aliphatic heterocycles. The van der Waals surface area contributed by atoms with Crippen LogP contribution in [0.1, 0.15) is 88.2 Å². The van der Waals surface area contributed by atoms with Crippen LogP contribution in [0.15, 0.2) is 18.2 Å². The smallest absolute Gasteiger partial charge is 0.126 e. The van der Waals surface area contributed by atoms with E-state index in [1.807, 2.05) is 13.0 Å². The monoisotopic (exact) mass is 316 g/mol. The van der Waals surface area contributed by atoms with Crippen molar-refractivity contribution in [2.75, 3.05) is 0 Å². The number of aryl methyl sites for hydroxylation is 1. The predicted molar refractivity (Wildman–Crippen MR) is 96.2 cm³/mol. The zero-order valence-corrected chi connectivity index (χ0v) is 15.0. The van der Waals surface area contributed by atoms with Gasteiger partial charge in [0.2, 0.25) is 0 Å². The molecule has 0 N–H and O–H groups in total. The van der Waals surface area contributed by atoms with Crippen LogP contribution in [-0.4, -0.2) is 0 Å². The van der Waals surface area contributed by atoms with Crippen LogP contribution >= 0.6 is 0 Å². The van der Waals surface area contributed by atoms with E-state index in [-0.39, 0.29) is 5.82 Å². The quantitative estimate of drug-likeness (QED) is 0.560. The van der Waals surface area contributed by atoms with Gasteiger partial charge in [-0.25, -0.2) is 4.39 Å². The molecule has 2 aliphatic rings. The fourth-order valence-corrected chi connectivity index (χ4v) is 5.14. The molecule has 0 radical (unpaired) electrons. The van der Waals surface area contributed by atoms with Crippen LogP contribution in [0, 0.1) is 30.5 Å². The second kappa shape index (κ2) is 7.81. The van der Waals surface area contributed by atoms with Crippen LogP contribution < -0.4 is 0 Å². The van der Waals surface area contributed by atoms with Crippen LogP contribution in [0.2, 0.25) is 0 Å². The van der Waals surface area contributed by atoms with Crippen LogP contribution in [0.5, 0.6) is 0 Å². The van der Waals surface area contributed by atoms with Gasteiger partial charge in [0.05, 0.1) is 0 Å². The Morgan fingerprint density at radius 3 is 2.09 bits per heavy atom. The molecule has 128 valence electrons. The first-order valence-electron chi connectivity index (χ1n) is 9.93. The summed E-state index contributed by atoms with van der Waals surface area (Å²) in [7, 11) is 0. The molecule has 23 heavy (non-hydrogen) atoms. The molecule has 0 bridgehead atoms. The van der Waals surface area contributed by atoms with Crippen LogP contribution in [0.25, 0.3) is 0 Å². The van der Waals surface area contributed by atoms with Gasteiger partial charge in [-0.2, -0.15) is 0 Å². The van der Waals surface area contributed by atoms with E-state index in [0.717, 1.165) is 23.3 Å². The second-order valence-electron chi connectivity index (χ2n) is 8.19. The van der Waals surface area contributed by atoms with E-state index in [0.29, 0.717) is 5.92 Å². The van der Waals surface area contributed by atoms with Gasteiger partial charge < -0.3 is 0 Å². The molecule has 0 saturated heterocycles. The highest BCUT2D eigenvalue weighted by Crippen LogP contribution is 2.44. The molecule has 2 aliphatic carbocycles. The third-order valence-corrected chi connectivity index (χ3v) is 6.69. The maximum atomic E-state index is 13.8. The van der Waals surface area contributed by atoms with Gasteiger partial charge in [-0.1, -0.05) is 44.7 Å². The summed E-state index contributed by atoms with van der Waals surface area (Å²) in [4.78, 5) is 0. The summed E-state index contributed by atoms with van der Waals surface area (Å²) in [5.74, 6) is 3.52. The minimum absolute atomic E-state index is 0.0288. The van der Waals surface area contributed by atoms with Crippen molar-refractivity contribution < 1.29 is 4.39 Å². The average Bonchev–Trinajstić information content (AvgIpc) is 2.59. The molecule has 0 unspecified atom stereocenters. The topological polar surface area (TPSA) is 0 Å². The first-order chi connectivity index (χ1) is 11.2. The highest BCUT2D eigenvalue weighted by Gasteiger charge is 2.31. The van der Waals surface area contributed by atoms with Crippen molar-refractivity contribution in [3.05, 3.63) is 35.1 Å². The number of benzene rings is 1. The van der Waals surface area contributed by atoms with E-state index < -0.39 is 0 Å². The number of halogens is 1. The average molecular weight is 317 g/mol. The molecule has 1 aromatic rings. The maximum Gasteiger partial charge on any atom is 0.126 e. The summed E-state index contributed by atoms with van der Waals surface area (Å²) in [6.07, 6.45) is 13.9. The Kier molecular flexibility index (Phi) is 5.77. The normalized spacial score (nSPS) is 32.0. The molecular weight excluding hydrogens is 283 g/mol. The third-order valence-electron chi connectivity index (χ3n) is 6.69. The minimum atomic E-state index is -0.0288. The first-order valence-corrected chi connectivity index (χ1v) is 9.93. The van der Waals surface area contributed by atoms with Crippen molar-refractivity contribution in [1.29, 1.82) is 0 Å². The van der Waals surface area contributed by atoms with Gasteiger partial charge in [0.1, 0.15) is 5.82 Å². The predicted octanol–water partition coefficient (Wildman–Crippen LogP) is 7.01. The molecule has 1 aromatic carbocycles. The van der Waals surface area contributed by atoms with Gasteiger partial charge >= 0.3 is 0 Å². The minimum Gasteiger partial charge on any atom is -0.207 e. The summed E-state index contributed by atoms with van der Waals surface area (Å²) in [6.45, 7) is 4.17. The van der Waals surface area contributed by atoms with E-state index in [1.54, 1.807) is 6.07 Å². The lowest BCUT2D eigenvalue weighted by Gasteiger charge is -2.38. The van der Waals surface area contributed by atoms with Gasteiger partial charge in [-0.05, 0) is 86.3 Å². The zero-order chi connectivity index (χ0) is 16.2. The lowest BCUT2D eigenvalue weighted by molar-refractivity contribution is 0.156. The zero-order valence-electron chi connectivity index (χ0n) is 15.0. The standard InChI is InChI=1S/C22H33F/c1-3-4-17-6-9-18(10-7-17)19-11-13-20(14-12-19)21-8-5-16(2)22(23)15-21/h5,8,15,17-20H,3-4,6-7,9-14H2,1-2H3. The molecule has 3 rings (SSSR count). The van der Waals surface area contributed by atoms with Crippen LogP contribution in [-0.2, 0) is 0 Å². The Labute approximate surface area is 141 Å². The van der Waals surface area contributed by atoms with E-state index in [4.69, 9.17) is 0 Å². The Bertz CT molecular complexity index is 491. The van der Waals surface area contributed by atoms with Gasteiger partial charge in [0.15, 0.2) is 0 Å². The second-order valence-corrected chi connectivity index (χ2v) is 8.19. The van der Waals surface area contributed by atoms with Crippen molar-refractivity contribution in [3.63, 3.8) is 0 Å². The van der Waals surface area contributed by atoms with E-state index in [9.17, 15) is 4.39 Å². The van der Waals surface area contributed by atoms with Gasteiger partial charge in [0.25, 0.3) is 0 Å². The van der Waals surface area contributed by atoms with Crippen molar-refractivity contribution in [3.8, 4) is 0 Å². The summed E-state index contributed by atoms with van der Waals surface area (Å²) in [6, 6.07) is 5.89. The molecular formula is C22H33F. The third kappa shape index (κ3) is 4.17. The summed E-state index contributed by atoms with van der Waals surface area (Å²) >= 11 is 0. The molecule has 0 amide bonds. The van der Waals surface area contributed by atoms with Crippen molar-refractivity contribution in [2.24, 2.45) is 17.8 Å². The fourth-order valence-electron chi connectivity index (χ4n) is 5.14. The van der Waals surface area contributed by atoms with Crippen molar-refractivity contribution in [1.82, 2.24) is 0 Å². The highest BCUT2D eigenvalue weighted by atomic mass is 19.1. The van der Waals surface area contributed by atoms with E-state index in [2.05, 4.69) is 13.0 Å². The molecule has 2 fully saturated rings. The van der Waals surface area contributed by atoms with Crippen molar-refractivity contribution >= 4 is 0 Å². The molecule has 0 atom stereocenters. The van der Waals surface area contributed by atoms with Crippen LogP contribution in [0.4, 0.5) is 4.39 Å². The van der Waals surface area contributed by atoms with Gasteiger partial charge in [-0.15, -0.1) is 0 Å². The van der Waals surface area contributed by atoms with Crippen LogP contribution in [0.3, 0.4) is 0 Å². The number of hydrogen-bond acceptors (Lipinski definition) is 0. The number of hydrogen-bond donors (Lipinski definition) is 0. The van der Waals surface area contributed by atoms with E-state index in [1.165, 1.54) is 69.8 Å². The summed E-state index contributed by atoms with van der Waals surface area (Å²) in [5.41, 5.74) is 2.00. The Morgan fingerprint density at radius 1 is 0.913 bits per heavy atom. The first kappa shape index (κ1) is 17.0. The summed E-state index contributed by atoms with van der Waals surface area (Å²) < 4.78 is 13.8. The Morgan fingerprint density at radius 2 is 1.52 bits per heavy atom. The van der Waals surface area contributed by atoms with Gasteiger partial charge in [0, 0.05) is 0 Å². The van der Waals surface area contributed by atoms with Crippen molar-refractivity contribution in [2.45, 2.75) is 84.0 Å². The molecule has 1 heteroatoms. The maximum absolute atomic E-state index is 13.8. The van der Waals surface area contributed by atoms with Gasteiger partial charge in [-0.3, -0.25) is 0 Å². The highest BCUT2D eigenvalue weighted by molar-refractivity contribution is 5.26. The summed E-state index contributed by atoms with van der Waals surface area (Å²) in [5, 5.41) is 0. The SMILES string of the molecule is CCCC1CCC(C2CCC(c3ccc(C)c(F)c3)CC2)CC1. The largest absolute Gasteiger partial charge is 0.207 e. The van der Waals surface area contributed by atoms with E-state index >= 15 is 0 Å². The molecule has 0 aromatic heterocycles. The Balaban J connectivity index is 1.50. The molecule has 2 saturated carbocycles. The lowest BCUT2D eigenvalue weighted by atomic mass is 9.68. The molecule has 0 heterocycles. The number of rotatable bonds is 4. The molecule has 0 spiro atoms.